The van der Waals surface area contributed by atoms with Crippen LogP contribution < -0.4 is 0 Å². The number of fused-ring (bicyclic) bond motifs is 5. The maximum absolute atomic E-state index is 9.70. The molecule has 0 unspecified atom stereocenters. The lowest BCUT2D eigenvalue weighted by atomic mass is 9.46. The second-order valence-corrected chi connectivity index (χ2v) is 12.6. The van der Waals surface area contributed by atoms with Gasteiger partial charge in [-0.05, 0) is 104 Å². The standard InChI is InChI=1S/C28H48O/c1-19(2)7-6-8-20(3)24-11-12-25-23-10-9-22-17-21(18-29)13-15-27(22,4)26(23)14-16-28(24,25)5/h9,19-21,23-26,29H,6-8,10-18H2,1-5H3/t20-,21+,23+,24-,25+,26+,27+,28-/m1/s1. The van der Waals surface area contributed by atoms with Crippen LogP contribution in [0.2, 0.25) is 0 Å². The van der Waals surface area contributed by atoms with Crippen molar-refractivity contribution in [2.75, 3.05) is 6.61 Å². The molecule has 3 saturated carbocycles. The maximum atomic E-state index is 9.70. The molecule has 0 amide bonds. The number of hydrogen-bond acceptors (Lipinski definition) is 1. The first-order valence-corrected chi connectivity index (χ1v) is 13.1. The Labute approximate surface area is 181 Å². The minimum absolute atomic E-state index is 0.387. The third kappa shape index (κ3) is 3.77. The van der Waals surface area contributed by atoms with Gasteiger partial charge in [-0.1, -0.05) is 65.5 Å². The molecular weight excluding hydrogens is 352 g/mol. The van der Waals surface area contributed by atoms with Gasteiger partial charge in [0.1, 0.15) is 0 Å². The Morgan fingerprint density at radius 3 is 2.52 bits per heavy atom. The summed E-state index contributed by atoms with van der Waals surface area (Å²) in [5.74, 6) is 6.06. The molecule has 8 atom stereocenters. The van der Waals surface area contributed by atoms with E-state index in [2.05, 4.69) is 40.7 Å². The molecule has 0 spiro atoms. The Morgan fingerprint density at radius 1 is 1.00 bits per heavy atom. The highest BCUT2D eigenvalue weighted by Gasteiger charge is 2.59. The van der Waals surface area contributed by atoms with Gasteiger partial charge < -0.3 is 5.11 Å². The molecule has 0 aromatic rings. The fourth-order valence-corrected chi connectivity index (χ4v) is 8.92. The Morgan fingerprint density at radius 2 is 1.79 bits per heavy atom. The van der Waals surface area contributed by atoms with Crippen molar-refractivity contribution < 1.29 is 5.11 Å². The van der Waals surface area contributed by atoms with Crippen LogP contribution in [-0.4, -0.2) is 11.7 Å². The largest absolute Gasteiger partial charge is 0.396 e. The first-order valence-electron chi connectivity index (χ1n) is 13.1. The second-order valence-electron chi connectivity index (χ2n) is 12.6. The van der Waals surface area contributed by atoms with Gasteiger partial charge in [0.2, 0.25) is 0 Å². The van der Waals surface area contributed by atoms with Crippen LogP contribution in [-0.2, 0) is 0 Å². The van der Waals surface area contributed by atoms with Gasteiger partial charge in [0.15, 0.2) is 0 Å². The van der Waals surface area contributed by atoms with Gasteiger partial charge in [0.25, 0.3) is 0 Å². The average Bonchev–Trinajstić information content (AvgIpc) is 3.04. The van der Waals surface area contributed by atoms with E-state index in [1.165, 1.54) is 70.6 Å². The number of rotatable bonds is 6. The van der Waals surface area contributed by atoms with Crippen molar-refractivity contribution in [3.63, 3.8) is 0 Å². The minimum Gasteiger partial charge on any atom is -0.396 e. The Kier molecular flexibility index (Phi) is 6.29. The summed E-state index contributed by atoms with van der Waals surface area (Å²) >= 11 is 0. The first kappa shape index (κ1) is 21.9. The van der Waals surface area contributed by atoms with E-state index in [0.29, 0.717) is 23.4 Å². The van der Waals surface area contributed by atoms with Crippen LogP contribution in [0.3, 0.4) is 0 Å². The Balaban J connectivity index is 1.48. The molecule has 166 valence electrons. The fraction of sp³-hybridized carbons (Fsp3) is 0.929. The molecule has 4 rings (SSSR count). The maximum Gasteiger partial charge on any atom is 0.0462 e. The molecule has 29 heavy (non-hydrogen) atoms. The fourth-order valence-electron chi connectivity index (χ4n) is 8.92. The van der Waals surface area contributed by atoms with Crippen LogP contribution in [0.15, 0.2) is 11.6 Å². The van der Waals surface area contributed by atoms with Crippen molar-refractivity contribution in [3.8, 4) is 0 Å². The van der Waals surface area contributed by atoms with E-state index in [1.54, 1.807) is 5.57 Å². The lowest BCUT2D eigenvalue weighted by Gasteiger charge is -2.58. The summed E-state index contributed by atoms with van der Waals surface area (Å²) in [5.41, 5.74) is 2.77. The van der Waals surface area contributed by atoms with Crippen molar-refractivity contribution in [3.05, 3.63) is 11.6 Å². The van der Waals surface area contributed by atoms with Crippen LogP contribution in [0.5, 0.6) is 0 Å². The van der Waals surface area contributed by atoms with E-state index >= 15 is 0 Å². The summed E-state index contributed by atoms with van der Waals surface area (Å²) in [6, 6.07) is 0. The molecule has 1 N–H and O–H groups in total. The number of allylic oxidation sites excluding steroid dienone is 2. The van der Waals surface area contributed by atoms with Gasteiger partial charge >= 0.3 is 0 Å². The summed E-state index contributed by atoms with van der Waals surface area (Å²) < 4.78 is 0. The molecule has 0 aliphatic heterocycles. The topological polar surface area (TPSA) is 20.2 Å². The highest BCUT2D eigenvalue weighted by atomic mass is 16.3. The van der Waals surface area contributed by atoms with Crippen LogP contribution >= 0.6 is 0 Å². The van der Waals surface area contributed by atoms with Crippen molar-refractivity contribution in [1.82, 2.24) is 0 Å². The van der Waals surface area contributed by atoms with Crippen LogP contribution in [0.4, 0.5) is 0 Å². The van der Waals surface area contributed by atoms with Gasteiger partial charge in [0.05, 0.1) is 0 Å². The van der Waals surface area contributed by atoms with E-state index in [4.69, 9.17) is 0 Å². The Hall–Kier alpha value is -0.300. The van der Waals surface area contributed by atoms with Crippen LogP contribution in [0.25, 0.3) is 0 Å². The minimum atomic E-state index is 0.387. The van der Waals surface area contributed by atoms with E-state index in [1.807, 2.05) is 0 Å². The zero-order chi connectivity index (χ0) is 20.8. The lowest BCUT2D eigenvalue weighted by Crippen LogP contribution is -2.50. The Bertz CT molecular complexity index is 605. The highest BCUT2D eigenvalue weighted by molar-refractivity contribution is 5.25. The molecule has 0 bridgehead atoms. The molecule has 0 aromatic heterocycles. The third-order valence-corrected chi connectivity index (χ3v) is 10.7. The van der Waals surface area contributed by atoms with Gasteiger partial charge in [0, 0.05) is 6.61 Å². The molecule has 1 heteroatoms. The van der Waals surface area contributed by atoms with Crippen molar-refractivity contribution >= 4 is 0 Å². The van der Waals surface area contributed by atoms with Crippen molar-refractivity contribution in [1.29, 1.82) is 0 Å². The van der Waals surface area contributed by atoms with Gasteiger partial charge in [-0.2, -0.15) is 0 Å². The summed E-state index contributed by atoms with van der Waals surface area (Å²) in [4.78, 5) is 0. The highest BCUT2D eigenvalue weighted by Crippen LogP contribution is 2.67. The molecule has 0 heterocycles. The molecule has 0 radical (unpaired) electrons. The van der Waals surface area contributed by atoms with E-state index in [0.717, 1.165) is 35.5 Å². The second kappa shape index (κ2) is 8.33. The molecule has 4 aliphatic carbocycles. The summed E-state index contributed by atoms with van der Waals surface area (Å²) in [6.45, 7) is 13.0. The predicted molar refractivity (Wildman–Crippen MR) is 124 cm³/mol. The van der Waals surface area contributed by atoms with Gasteiger partial charge in [-0.25, -0.2) is 0 Å². The SMILES string of the molecule is CC(C)CCC[C@@H](C)[C@H]1CC[C@H]2[C@@H]3CC=C4C[C@@H](CO)CC[C@]4(C)[C@H]3CC[C@]12C. The normalized spacial score (nSPS) is 45.3. The quantitative estimate of drug-likeness (QED) is 0.454. The van der Waals surface area contributed by atoms with Crippen molar-refractivity contribution in [2.45, 2.75) is 105 Å². The third-order valence-electron chi connectivity index (χ3n) is 10.7. The van der Waals surface area contributed by atoms with Gasteiger partial charge in [-0.3, -0.25) is 0 Å². The zero-order valence-electron chi connectivity index (χ0n) is 20.1. The monoisotopic (exact) mass is 400 g/mol. The van der Waals surface area contributed by atoms with Crippen LogP contribution in [0.1, 0.15) is 105 Å². The number of hydrogen-bond donors (Lipinski definition) is 1. The lowest BCUT2D eigenvalue weighted by molar-refractivity contribution is -0.0540. The first-order chi connectivity index (χ1) is 13.8. The van der Waals surface area contributed by atoms with E-state index < -0.39 is 0 Å². The van der Waals surface area contributed by atoms with Crippen molar-refractivity contribution in [2.24, 2.45) is 52.3 Å². The number of aliphatic hydroxyl groups excluding tert-OH is 1. The summed E-state index contributed by atoms with van der Waals surface area (Å²) in [6.07, 6.45) is 17.9. The van der Waals surface area contributed by atoms with E-state index in [9.17, 15) is 5.11 Å². The van der Waals surface area contributed by atoms with E-state index in [-0.39, 0.29) is 0 Å². The molecule has 4 aliphatic rings. The predicted octanol–water partition coefficient (Wildman–Crippen LogP) is 7.64. The van der Waals surface area contributed by atoms with Crippen LogP contribution in [0, 0.1) is 52.3 Å². The average molecular weight is 401 g/mol. The molecule has 1 nitrogen and oxygen atoms in total. The smallest absolute Gasteiger partial charge is 0.0462 e. The molecule has 0 saturated heterocycles. The molecular formula is C28H48O. The zero-order valence-corrected chi connectivity index (χ0v) is 20.1. The summed E-state index contributed by atoms with van der Waals surface area (Å²) in [5, 5.41) is 9.70. The summed E-state index contributed by atoms with van der Waals surface area (Å²) in [7, 11) is 0. The number of aliphatic hydroxyl groups is 1. The molecule has 3 fully saturated rings. The van der Waals surface area contributed by atoms with Gasteiger partial charge in [-0.15, -0.1) is 0 Å². The molecule has 0 aromatic carbocycles.